The van der Waals surface area contributed by atoms with Gasteiger partial charge in [0.25, 0.3) is 0 Å². The van der Waals surface area contributed by atoms with E-state index in [4.69, 9.17) is 39.8 Å². The molecule has 1 heterocycles. The highest BCUT2D eigenvalue weighted by Gasteiger charge is 2.47. The number of hydrogen-bond acceptors (Lipinski definition) is 12. The molecule has 246 valence electrons. The lowest BCUT2D eigenvalue weighted by Gasteiger charge is -2.31. The second-order valence-corrected chi connectivity index (χ2v) is 16.2. The molecule has 0 fully saturated rings. The van der Waals surface area contributed by atoms with Crippen molar-refractivity contribution in [2.45, 2.75) is 80.8 Å². The van der Waals surface area contributed by atoms with Crippen molar-refractivity contribution in [2.75, 3.05) is 59.5 Å². The molecule has 0 aliphatic carbocycles. The Bertz CT molecular complexity index is 883. The molecule has 0 N–H and O–H groups in total. The van der Waals surface area contributed by atoms with Gasteiger partial charge >= 0.3 is 43.5 Å². The maximum Gasteiger partial charge on any atom is 0.522 e. The van der Waals surface area contributed by atoms with Gasteiger partial charge < -0.3 is 39.8 Å². The minimum atomic E-state index is -3.60. The SMILES string of the molecule is CCO[Si](Cn1c(=O)n(C[Si](OCC)(OCC)OCC)c(=O)n(C[Si](OCC)(OCC)OCC)c1=O)(OCC)OCC. The Kier molecular flexibility index (Phi) is 17.7. The monoisotopic (exact) mass is 657 g/mol. The first-order chi connectivity index (χ1) is 20.1. The minimum Gasteiger partial charge on any atom is -0.373 e. The number of rotatable bonds is 24. The van der Waals surface area contributed by atoms with E-state index in [1.807, 2.05) is 0 Å². The summed E-state index contributed by atoms with van der Waals surface area (Å²) in [6.45, 7) is 17.9. The third kappa shape index (κ3) is 10.1. The predicted molar refractivity (Wildman–Crippen MR) is 161 cm³/mol. The zero-order valence-electron chi connectivity index (χ0n) is 26.7. The third-order valence-corrected chi connectivity index (χ3v) is 14.4. The van der Waals surface area contributed by atoms with Crippen molar-refractivity contribution >= 4 is 26.4 Å². The molecular formula is C24H51N3O12Si3. The van der Waals surface area contributed by atoms with Gasteiger partial charge in [-0.15, -0.1) is 0 Å². The Morgan fingerprint density at radius 3 is 0.619 bits per heavy atom. The Morgan fingerprint density at radius 2 is 0.500 bits per heavy atom. The average Bonchev–Trinajstić information content (AvgIpc) is 2.93. The first-order valence-corrected chi connectivity index (χ1v) is 20.6. The lowest BCUT2D eigenvalue weighted by Crippen LogP contribution is -2.65. The van der Waals surface area contributed by atoms with Crippen LogP contribution in [0.3, 0.4) is 0 Å². The Hall–Kier alpha value is -1.30. The molecule has 0 unspecified atom stereocenters. The highest BCUT2D eigenvalue weighted by molar-refractivity contribution is 6.60. The normalized spacial score (nSPS) is 12.8. The van der Waals surface area contributed by atoms with Crippen LogP contribution in [0.15, 0.2) is 14.4 Å². The fraction of sp³-hybridized carbons (Fsp3) is 0.875. The fourth-order valence-electron chi connectivity index (χ4n) is 4.43. The fourth-order valence-corrected chi connectivity index (χ4v) is 11.9. The summed E-state index contributed by atoms with van der Waals surface area (Å²) in [7, 11) is -10.8. The minimum absolute atomic E-state index is 0.221. The second kappa shape index (κ2) is 19.2. The molecule has 0 bridgehead atoms. The molecule has 0 aliphatic rings. The van der Waals surface area contributed by atoms with Crippen molar-refractivity contribution in [1.82, 2.24) is 13.7 Å². The average molecular weight is 658 g/mol. The lowest BCUT2D eigenvalue weighted by atomic mass is 10.8. The Labute approximate surface area is 251 Å². The maximum absolute atomic E-state index is 14.0. The zero-order chi connectivity index (χ0) is 31.8. The van der Waals surface area contributed by atoms with Gasteiger partial charge in [0.1, 0.15) is 18.5 Å². The van der Waals surface area contributed by atoms with E-state index in [2.05, 4.69) is 0 Å². The van der Waals surface area contributed by atoms with E-state index in [9.17, 15) is 14.4 Å². The van der Waals surface area contributed by atoms with Crippen molar-refractivity contribution < 1.29 is 39.8 Å². The molecule has 1 rings (SSSR count). The zero-order valence-corrected chi connectivity index (χ0v) is 29.7. The van der Waals surface area contributed by atoms with E-state index in [-0.39, 0.29) is 78.0 Å². The van der Waals surface area contributed by atoms with Gasteiger partial charge in [0.2, 0.25) is 0 Å². The van der Waals surface area contributed by atoms with Crippen LogP contribution in [0.2, 0.25) is 0 Å². The van der Waals surface area contributed by atoms with E-state index in [1.54, 1.807) is 62.3 Å². The molecular weight excluding hydrogens is 607 g/mol. The van der Waals surface area contributed by atoms with E-state index < -0.39 is 43.5 Å². The molecule has 0 aliphatic heterocycles. The van der Waals surface area contributed by atoms with Crippen molar-refractivity contribution in [1.29, 1.82) is 0 Å². The molecule has 0 amide bonds. The Morgan fingerprint density at radius 1 is 0.357 bits per heavy atom. The summed E-state index contributed by atoms with van der Waals surface area (Å²) in [6, 6.07) is 0. The molecule has 1 aromatic rings. The van der Waals surface area contributed by atoms with E-state index in [1.165, 1.54) is 0 Å². The summed E-state index contributed by atoms with van der Waals surface area (Å²) < 4.78 is 56.1. The van der Waals surface area contributed by atoms with Crippen LogP contribution in [0.1, 0.15) is 62.3 Å². The molecule has 0 atom stereocenters. The first-order valence-electron chi connectivity index (χ1n) is 14.8. The molecule has 0 spiro atoms. The summed E-state index contributed by atoms with van der Waals surface area (Å²) in [6.07, 6.45) is -1.00. The van der Waals surface area contributed by atoms with Crippen molar-refractivity contribution in [3.8, 4) is 0 Å². The smallest absolute Gasteiger partial charge is 0.373 e. The molecule has 42 heavy (non-hydrogen) atoms. The first kappa shape index (κ1) is 38.7. The van der Waals surface area contributed by atoms with Gasteiger partial charge in [0.05, 0.1) is 0 Å². The van der Waals surface area contributed by atoms with Crippen LogP contribution >= 0.6 is 0 Å². The summed E-state index contributed by atoms with van der Waals surface area (Å²) in [4.78, 5) is 42.1. The van der Waals surface area contributed by atoms with Gasteiger partial charge in [-0.3, -0.25) is 0 Å². The topological polar surface area (TPSA) is 149 Å². The van der Waals surface area contributed by atoms with E-state index in [0.29, 0.717) is 0 Å². The van der Waals surface area contributed by atoms with Crippen LogP contribution in [0, 0.1) is 0 Å². The van der Waals surface area contributed by atoms with Gasteiger partial charge in [-0.05, 0) is 62.3 Å². The molecule has 18 heteroatoms. The molecule has 0 aromatic carbocycles. The second-order valence-electron chi connectivity index (χ2n) is 8.55. The molecule has 0 radical (unpaired) electrons. The summed E-state index contributed by atoms with van der Waals surface area (Å²) >= 11 is 0. The number of nitrogens with zero attached hydrogens (tertiary/aromatic N) is 3. The van der Waals surface area contributed by atoms with Gasteiger partial charge in [-0.25, -0.2) is 28.1 Å². The van der Waals surface area contributed by atoms with Gasteiger partial charge in [-0.2, -0.15) is 0 Å². The molecule has 0 saturated carbocycles. The van der Waals surface area contributed by atoms with Crippen LogP contribution in [-0.4, -0.2) is 99.6 Å². The highest BCUT2D eigenvalue weighted by Crippen LogP contribution is 2.15. The Balaban J connectivity index is 4.13. The van der Waals surface area contributed by atoms with Crippen LogP contribution in [0.4, 0.5) is 0 Å². The van der Waals surface area contributed by atoms with Crippen LogP contribution in [-0.2, 0) is 58.3 Å². The van der Waals surface area contributed by atoms with Crippen molar-refractivity contribution in [2.24, 2.45) is 0 Å². The lowest BCUT2D eigenvalue weighted by molar-refractivity contribution is 0.0602. The summed E-state index contributed by atoms with van der Waals surface area (Å²) in [5.74, 6) is 0. The van der Waals surface area contributed by atoms with E-state index >= 15 is 0 Å². The third-order valence-electron chi connectivity index (χ3n) is 5.72. The summed E-state index contributed by atoms with van der Waals surface area (Å²) in [5, 5.41) is 0. The predicted octanol–water partition coefficient (Wildman–Crippen LogP) is 0.935. The summed E-state index contributed by atoms with van der Waals surface area (Å²) in [5.41, 5.74) is -2.70. The van der Waals surface area contributed by atoms with Gasteiger partial charge in [0.15, 0.2) is 0 Å². The van der Waals surface area contributed by atoms with Crippen molar-refractivity contribution in [3.63, 3.8) is 0 Å². The van der Waals surface area contributed by atoms with Crippen LogP contribution in [0.5, 0.6) is 0 Å². The van der Waals surface area contributed by atoms with Gasteiger partial charge in [0, 0.05) is 59.5 Å². The van der Waals surface area contributed by atoms with Crippen molar-refractivity contribution in [3.05, 3.63) is 31.5 Å². The number of aromatic nitrogens is 3. The standard InChI is InChI=1S/C24H51N3O12Si3/c1-10-31-40(32-11-2,33-12-3)19-25-22(28)26(20-41(34-13-4,35-14-5)36-15-6)24(30)27(23(25)29)21-42(37-16-7,38-17-8)39-18-9/h10-21H2,1-9H3. The van der Waals surface area contributed by atoms with Gasteiger partial charge in [-0.1, -0.05) is 0 Å². The molecule has 1 aromatic heterocycles. The molecule has 0 saturated heterocycles. The van der Waals surface area contributed by atoms with Crippen LogP contribution in [0.25, 0.3) is 0 Å². The molecule has 15 nitrogen and oxygen atoms in total. The maximum atomic E-state index is 14.0. The largest absolute Gasteiger partial charge is 0.522 e. The highest BCUT2D eigenvalue weighted by atomic mass is 28.4. The quantitative estimate of drug-likeness (QED) is 0.146. The van der Waals surface area contributed by atoms with Crippen LogP contribution < -0.4 is 17.1 Å². The number of hydrogen-bond donors (Lipinski definition) is 0. The van der Waals surface area contributed by atoms with E-state index in [0.717, 1.165) is 13.7 Å².